The van der Waals surface area contributed by atoms with Crippen molar-refractivity contribution in [1.29, 1.82) is 0 Å². The summed E-state index contributed by atoms with van der Waals surface area (Å²) >= 11 is 0. The van der Waals surface area contributed by atoms with Gasteiger partial charge in [0.05, 0.1) is 14.2 Å². The minimum absolute atomic E-state index is 0.199. The summed E-state index contributed by atoms with van der Waals surface area (Å²) in [5.41, 5.74) is 2.05. The van der Waals surface area contributed by atoms with Gasteiger partial charge in [0, 0.05) is 23.6 Å². The summed E-state index contributed by atoms with van der Waals surface area (Å²) in [5, 5.41) is 2.81. The van der Waals surface area contributed by atoms with Crippen molar-refractivity contribution in [3.63, 3.8) is 0 Å². The highest BCUT2D eigenvalue weighted by Crippen LogP contribution is 2.30. The number of pyridine rings is 1. The Morgan fingerprint density at radius 2 is 1.70 bits per heavy atom. The quantitative estimate of drug-likeness (QED) is 0.929. The zero-order valence-corrected chi connectivity index (χ0v) is 11.6. The molecule has 1 amide bonds. The molecule has 0 aliphatic heterocycles. The van der Waals surface area contributed by atoms with E-state index in [0.717, 1.165) is 5.56 Å². The maximum Gasteiger partial charge on any atom is 0.256 e. The molecule has 0 saturated heterocycles. The van der Waals surface area contributed by atoms with E-state index >= 15 is 0 Å². The second-order valence-electron chi connectivity index (χ2n) is 4.21. The molecule has 2 rings (SSSR count). The normalized spacial score (nSPS) is 9.95. The minimum atomic E-state index is -0.199. The predicted octanol–water partition coefficient (Wildman–Crippen LogP) is 2.66. The van der Waals surface area contributed by atoms with Crippen molar-refractivity contribution in [1.82, 2.24) is 4.98 Å². The van der Waals surface area contributed by atoms with Gasteiger partial charge in [-0.05, 0) is 36.8 Å². The van der Waals surface area contributed by atoms with Crippen LogP contribution in [0.1, 0.15) is 15.9 Å². The van der Waals surface area contributed by atoms with E-state index in [1.807, 2.05) is 6.92 Å². The SMILES string of the molecule is COc1cc(C)c(C(=O)Nc2ccncc2)cc1OC. The number of aryl methyl sites for hydroxylation is 1. The molecule has 1 N–H and O–H groups in total. The van der Waals surface area contributed by atoms with Crippen LogP contribution in [0.4, 0.5) is 5.69 Å². The van der Waals surface area contributed by atoms with Crippen LogP contribution in [-0.4, -0.2) is 25.1 Å². The number of rotatable bonds is 4. The van der Waals surface area contributed by atoms with Crippen molar-refractivity contribution in [2.45, 2.75) is 6.92 Å². The lowest BCUT2D eigenvalue weighted by atomic mass is 10.1. The molecule has 0 radical (unpaired) electrons. The summed E-state index contributed by atoms with van der Waals surface area (Å²) in [5.74, 6) is 0.929. The Balaban J connectivity index is 2.30. The molecule has 0 fully saturated rings. The summed E-state index contributed by atoms with van der Waals surface area (Å²) in [6.45, 7) is 1.85. The predicted molar refractivity (Wildman–Crippen MR) is 76.5 cm³/mol. The first-order valence-corrected chi connectivity index (χ1v) is 6.09. The topological polar surface area (TPSA) is 60.5 Å². The maximum atomic E-state index is 12.3. The Morgan fingerprint density at radius 3 is 2.30 bits per heavy atom. The molecule has 20 heavy (non-hydrogen) atoms. The van der Waals surface area contributed by atoms with Crippen molar-refractivity contribution in [3.05, 3.63) is 47.8 Å². The lowest BCUT2D eigenvalue weighted by molar-refractivity contribution is 0.102. The van der Waals surface area contributed by atoms with Gasteiger partial charge in [0.1, 0.15) is 0 Å². The van der Waals surface area contributed by atoms with Crippen molar-refractivity contribution in [3.8, 4) is 11.5 Å². The molecule has 0 bridgehead atoms. The zero-order chi connectivity index (χ0) is 14.5. The van der Waals surface area contributed by atoms with E-state index in [1.54, 1.807) is 43.8 Å². The number of hydrogen-bond acceptors (Lipinski definition) is 4. The Kier molecular flexibility index (Phi) is 4.20. The van der Waals surface area contributed by atoms with Crippen molar-refractivity contribution in [2.75, 3.05) is 19.5 Å². The molecule has 0 saturated carbocycles. The van der Waals surface area contributed by atoms with Crippen molar-refractivity contribution >= 4 is 11.6 Å². The molecular formula is C15H16N2O3. The van der Waals surface area contributed by atoms with Crippen LogP contribution in [0.3, 0.4) is 0 Å². The summed E-state index contributed by atoms with van der Waals surface area (Å²) in [7, 11) is 3.10. The van der Waals surface area contributed by atoms with Gasteiger partial charge in [-0.15, -0.1) is 0 Å². The van der Waals surface area contributed by atoms with E-state index < -0.39 is 0 Å². The molecule has 1 aromatic carbocycles. The van der Waals surface area contributed by atoms with Crippen LogP contribution in [-0.2, 0) is 0 Å². The van der Waals surface area contributed by atoms with E-state index in [9.17, 15) is 4.79 Å². The van der Waals surface area contributed by atoms with Crippen LogP contribution in [0.5, 0.6) is 11.5 Å². The minimum Gasteiger partial charge on any atom is -0.493 e. The third-order valence-corrected chi connectivity index (χ3v) is 2.91. The van der Waals surface area contributed by atoms with Gasteiger partial charge in [-0.1, -0.05) is 0 Å². The number of methoxy groups -OCH3 is 2. The third kappa shape index (κ3) is 2.88. The Bertz CT molecular complexity index is 612. The number of carbonyl (C=O) groups excluding carboxylic acids is 1. The number of hydrogen-bond donors (Lipinski definition) is 1. The van der Waals surface area contributed by atoms with Gasteiger partial charge < -0.3 is 14.8 Å². The molecular weight excluding hydrogens is 256 g/mol. The van der Waals surface area contributed by atoms with Crippen LogP contribution >= 0.6 is 0 Å². The lowest BCUT2D eigenvalue weighted by Crippen LogP contribution is -2.13. The van der Waals surface area contributed by atoms with Crippen LogP contribution in [0.15, 0.2) is 36.7 Å². The standard InChI is InChI=1S/C15H16N2O3/c1-10-8-13(19-2)14(20-3)9-12(10)15(18)17-11-4-6-16-7-5-11/h4-9H,1-3H3,(H,16,17,18). The number of ether oxygens (including phenoxy) is 2. The molecule has 1 heterocycles. The molecule has 5 nitrogen and oxygen atoms in total. The number of benzene rings is 1. The molecule has 5 heteroatoms. The molecule has 0 spiro atoms. The fourth-order valence-electron chi connectivity index (χ4n) is 1.86. The molecule has 0 aliphatic rings. The van der Waals surface area contributed by atoms with E-state index in [1.165, 1.54) is 7.11 Å². The number of amides is 1. The van der Waals surface area contributed by atoms with Crippen molar-refractivity contribution < 1.29 is 14.3 Å². The van der Waals surface area contributed by atoms with Crippen LogP contribution in [0, 0.1) is 6.92 Å². The Hall–Kier alpha value is -2.56. The zero-order valence-electron chi connectivity index (χ0n) is 11.6. The van der Waals surface area contributed by atoms with E-state index in [2.05, 4.69) is 10.3 Å². The molecule has 0 atom stereocenters. The number of aromatic nitrogens is 1. The number of carbonyl (C=O) groups is 1. The van der Waals surface area contributed by atoms with Crippen LogP contribution < -0.4 is 14.8 Å². The highest BCUT2D eigenvalue weighted by atomic mass is 16.5. The Morgan fingerprint density at radius 1 is 1.10 bits per heavy atom. The first kappa shape index (κ1) is 13.9. The summed E-state index contributed by atoms with van der Waals surface area (Å²) in [6, 6.07) is 6.91. The van der Waals surface area contributed by atoms with E-state index in [4.69, 9.17) is 9.47 Å². The molecule has 0 unspecified atom stereocenters. The van der Waals surface area contributed by atoms with Crippen molar-refractivity contribution in [2.24, 2.45) is 0 Å². The van der Waals surface area contributed by atoms with E-state index in [-0.39, 0.29) is 5.91 Å². The summed E-state index contributed by atoms with van der Waals surface area (Å²) in [4.78, 5) is 16.2. The number of nitrogens with one attached hydrogen (secondary N) is 1. The molecule has 2 aromatic rings. The average Bonchev–Trinajstić information content (AvgIpc) is 2.47. The smallest absolute Gasteiger partial charge is 0.256 e. The highest BCUT2D eigenvalue weighted by Gasteiger charge is 2.14. The van der Waals surface area contributed by atoms with E-state index in [0.29, 0.717) is 22.7 Å². The largest absolute Gasteiger partial charge is 0.493 e. The molecule has 0 aliphatic carbocycles. The molecule has 1 aromatic heterocycles. The first-order valence-electron chi connectivity index (χ1n) is 6.09. The fraction of sp³-hybridized carbons (Fsp3) is 0.200. The fourth-order valence-corrected chi connectivity index (χ4v) is 1.86. The second-order valence-corrected chi connectivity index (χ2v) is 4.21. The number of nitrogens with zero attached hydrogens (tertiary/aromatic N) is 1. The van der Waals surface area contributed by atoms with Gasteiger partial charge in [0.25, 0.3) is 5.91 Å². The first-order chi connectivity index (χ1) is 9.65. The van der Waals surface area contributed by atoms with Gasteiger partial charge >= 0.3 is 0 Å². The summed E-state index contributed by atoms with van der Waals surface area (Å²) < 4.78 is 10.4. The third-order valence-electron chi connectivity index (χ3n) is 2.91. The highest BCUT2D eigenvalue weighted by molar-refractivity contribution is 6.05. The molecule has 104 valence electrons. The summed E-state index contributed by atoms with van der Waals surface area (Å²) in [6.07, 6.45) is 3.24. The second kappa shape index (κ2) is 6.06. The maximum absolute atomic E-state index is 12.3. The lowest BCUT2D eigenvalue weighted by Gasteiger charge is -2.12. The number of anilines is 1. The Labute approximate surface area is 117 Å². The monoisotopic (exact) mass is 272 g/mol. The van der Waals surface area contributed by atoms with Gasteiger partial charge in [0.2, 0.25) is 0 Å². The average molecular weight is 272 g/mol. The van der Waals surface area contributed by atoms with Gasteiger partial charge in [-0.3, -0.25) is 9.78 Å². The van der Waals surface area contributed by atoms with Crippen LogP contribution in [0.25, 0.3) is 0 Å². The van der Waals surface area contributed by atoms with Gasteiger partial charge in [-0.2, -0.15) is 0 Å². The van der Waals surface area contributed by atoms with Crippen LogP contribution in [0.2, 0.25) is 0 Å². The van der Waals surface area contributed by atoms with Gasteiger partial charge in [-0.25, -0.2) is 0 Å². The van der Waals surface area contributed by atoms with Gasteiger partial charge in [0.15, 0.2) is 11.5 Å².